The van der Waals surface area contributed by atoms with Crippen LogP contribution < -0.4 is 5.09 Å². The molecule has 2 aliphatic rings. The Balaban J connectivity index is 2.40. The van der Waals surface area contributed by atoms with Crippen LogP contribution in [0, 0.1) is 5.41 Å². The summed E-state index contributed by atoms with van der Waals surface area (Å²) >= 11 is 5.75. The maximum Gasteiger partial charge on any atom is 0.187 e. The minimum Gasteiger partial charge on any atom is -0.370 e. The molecule has 5 nitrogen and oxygen atoms in total. The van der Waals surface area contributed by atoms with Crippen LogP contribution >= 0.6 is 56.7 Å². The van der Waals surface area contributed by atoms with Crippen molar-refractivity contribution in [1.29, 1.82) is 5.41 Å². The van der Waals surface area contributed by atoms with Gasteiger partial charge in [0.25, 0.3) is 0 Å². The average Bonchev–Trinajstić information content (AvgIpc) is 2.62. The molecule has 0 aliphatic carbocycles. The van der Waals surface area contributed by atoms with Crippen LogP contribution in [-0.4, -0.2) is 34.3 Å². The number of allylic oxidation sites excluding steroid dienone is 3. The van der Waals surface area contributed by atoms with Crippen LogP contribution in [0.2, 0.25) is 0 Å². The maximum absolute atomic E-state index is 13.2. The van der Waals surface area contributed by atoms with Gasteiger partial charge in [0.2, 0.25) is 0 Å². The van der Waals surface area contributed by atoms with Gasteiger partial charge in [-0.25, -0.2) is 0 Å². The first-order valence-electron chi connectivity index (χ1n) is 7.63. The summed E-state index contributed by atoms with van der Waals surface area (Å²) in [5.41, 5.74) is 2.39. The van der Waals surface area contributed by atoms with Gasteiger partial charge in [-0.15, -0.1) is 3.89 Å². The fourth-order valence-electron chi connectivity index (χ4n) is 2.64. The Labute approximate surface area is 175 Å². The first-order chi connectivity index (χ1) is 12.1. The van der Waals surface area contributed by atoms with Gasteiger partial charge in [0, 0.05) is 43.0 Å². The van der Waals surface area contributed by atoms with E-state index in [2.05, 4.69) is 59.6 Å². The van der Waals surface area contributed by atoms with Crippen LogP contribution in [0.25, 0.3) is 0 Å². The molecule has 0 aromatic carbocycles. The Morgan fingerprint density at radius 1 is 1.48 bits per heavy atom. The average molecular weight is 558 g/mol. The Bertz CT molecular complexity index is 646. The van der Waals surface area contributed by atoms with E-state index in [0.29, 0.717) is 17.5 Å². The number of likely N-dealkylation sites (tertiary alicyclic amines) is 1. The molecule has 1 saturated heterocycles. The van der Waals surface area contributed by atoms with Gasteiger partial charge in [0.15, 0.2) is 12.3 Å². The van der Waals surface area contributed by atoms with Crippen LogP contribution in [0.3, 0.4) is 0 Å². The molecule has 0 aromatic rings. The van der Waals surface area contributed by atoms with Gasteiger partial charge in [-0.05, 0) is 63.3 Å². The van der Waals surface area contributed by atoms with Crippen molar-refractivity contribution >= 4 is 68.6 Å². The maximum atomic E-state index is 13.2. The molecule has 2 aliphatic heterocycles. The Morgan fingerprint density at radius 3 is 2.84 bits per heavy atom. The lowest BCUT2D eigenvalue weighted by Crippen LogP contribution is -2.31. The predicted molar refractivity (Wildman–Crippen MR) is 120 cm³/mol. The summed E-state index contributed by atoms with van der Waals surface area (Å²) in [6.07, 6.45) is 10.4. The van der Waals surface area contributed by atoms with E-state index in [0.717, 1.165) is 40.5 Å². The third-order valence-electron chi connectivity index (χ3n) is 3.78. The van der Waals surface area contributed by atoms with Gasteiger partial charge in [-0.3, -0.25) is 0 Å². The topological polar surface area (TPSA) is 54.7 Å². The van der Waals surface area contributed by atoms with Crippen LogP contribution in [0.5, 0.6) is 0 Å². The van der Waals surface area contributed by atoms with E-state index in [4.69, 9.17) is 5.41 Å². The van der Waals surface area contributed by atoms with Gasteiger partial charge in [0.05, 0.1) is 22.1 Å². The van der Waals surface area contributed by atoms with Crippen molar-refractivity contribution in [2.75, 3.05) is 13.1 Å². The molecule has 0 spiro atoms. The lowest BCUT2D eigenvalue weighted by atomic mass is 9.97. The normalized spacial score (nSPS) is 25.9. The highest BCUT2D eigenvalue weighted by atomic mass is 127. The number of rotatable bonds is 6. The van der Waals surface area contributed by atoms with E-state index in [1.807, 2.05) is 0 Å². The van der Waals surface area contributed by atoms with Gasteiger partial charge < -0.3 is 15.4 Å². The zero-order valence-electron chi connectivity index (χ0n) is 13.4. The molecule has 0 aromatic heterocycles. The molecular formula is C15H19BrFIN5PS. The number of hydrogen-bond donors (Lipinski definition) is 2. The molecule has 2 N–H and O–H groups in total. The zero-order chi connectivity index (χ0) is 18.2. The second-order valence-electron chi connectivity index (χ2n) is 5.37. The third-order valence-corrected chi connectivity index (χ3v) is 5.91. The van der Waals surface area contributed by atoms with Crippen LogP contribution in [-0.2, 0) is 0 Å². The van der Waals surface area contributed by atoms with Gasteiger partial charge in [-0.2, -0.15) is 9.52 Å². The summed E-state index contributed by atoms with van der Waals surface area (Å²) < 4.78 is 15.0. The van der Waals surface area contributed by atoms with Crippen LogP contribution in [0.1, 0.15) is 19.3 Å². The Morgan fingerprint density at radius 2 is 2.20 bits per heavy atom. The molecule has 0 radical (unpaired) electrons. The van der Waals surface area contributed by atoms with Crippen molar-refractivity contribution in [1.82, 2.24) is 14.4 Å². The van der Waals surface area contributed by atoms with Crippen molar-refractivity contribution in [3.8, 4) is 0 Å². The highest BCUT2D eigenvalue weighted by molar-refractivity contribution is 14.2. The minimum atomic E-state index is -0.0166. The fraction of sp³-hybridized carbons (Fsp3) is 0.333. The van der Waals surface area contributed by atoms with E-state index in [9.17, 15) is 3.89 Å². The van der Waals surface area contributed by atoms with Crippen molar-refractivity contribution in [3.63, 3.8) is 0 Å². The lowest BCUT2D eigenvalue weighted by Gasteiger charge is -2.34. The standard InChI is InChI=1S/C15H19BrFIN5PS/c1-11-12(14(19)5-6-21-24-18)10-23(25-17)20-9-13(16)15(11)22-7-3-2-4-8-22/h5-6,9-10,19,21,24H,1-4,7-8H2/b6-5-,12-10+,15-13-,19-14?,20-9-. The number of hydrazone groups is 1. The number of hydrogen-bond acceptors (Lipinski definition) is 6. The fourth-order valence-corrected chi connectivity index (χ4v) is 4.13. The highest BCUT2D eigenvalue weighted by Gasteiger charge is 2.24. The van der Waals surface area contributed by atoms with Crippen molar-refractivity contribution in [2.45, 2.75) is 19.3 Å². The molecule has 1 atom stereocenters. The quantitative estimate of drug-likeness (QED) is 0.198. The van der Waals surface area contributed by atoms with Crippen LogP contribution in [0.15, 0.2) is 51.5 Å². The molecule has 1 fully saturated rings. The van der Waals surface area contributed by atoms with Crippen molar-refractivity contribution < 1.29 is 3.89 Å². The second kappa shape index (κ2) is 10.7. The molecule has 2 heterocycles. The zero-order valence-corrected chi connectivity index (χ0v) is 19.0. The summed E-state index contributed by atoms with van der Waals surface area (Å²) in [5, 5.41) is 15.5. The predicted octanol–water partition coefficient (Wildman–Crippen LogP) is 5.42. The smallest absolute Gasteiger partial charge is 0.187 e. The SMILES string of the molecule is C=C1/C(N2CCCCC2)=C(Br)\C=N/N(SF)/C=C\1C(=N)/C=C\NPI. The van der Waals surface area contributed by atoms with E-state index in [1.165, 1.54) is 12.6 Å². The van der Waals surface area contributed by atoms with Gasteiger partial charge in [-0.1, -0.05) is 6.58 Å². The number of nitrogens with one attached hydrogen (secondary N) is 2. The molecule has 136 valence electrons. The number of halogens is 3. The molecular weight excluding hydrogens is 539 g/mol. The molecule has 2 rings (SSSR count). The Hall–Kier alpha value is -0.380. The Kier molecular flexibility index (Phi) is 8.95. The first kappa shape index (κ1) is 20.9. The molecule has 1 unspecified atom stereocenters. The molecule has 0 bridgehead atoms. The van der Waals surface area contributed by atoms with Crippen molar-refractivity contribution in [2.24, 2.45) is 5.10 Å². The van der Waals surface area contributed by atoms with Crippen LogP contribution in [0.4, 0.5) is 3.89 Å². The summed E-state index contributed by atoms with van der Waals surface area (Å²) in [4.78, 5) is 2.26. The summed E-state index contributed by atoms with van der Waals surface area (Å²) in [6, 6.07) is 0. The van der Waals surface area contributed by atoms with E-state index < -0.39 is 0 Å². The second-order valence-corrected chi connectivity index (χ2v) is 8.83. The van der Waals surface area contributed by atoms with E-state index >= 15 is 0 Å². The van der Waals surface area contributed by atoms with E-state index in [1.54, 1.807) is 18.5 Å². The summed E-state index contributed by atoms with van der Waals surface area (Å²) in [6.45, 7) is 6.08. The van der Waals surface area contributed by atoms with E-state index in [-0.39, 0.29) is 18.0 Å². The lowest BCUT2D eigenvalue weighted by molar-refractivity contribution is 0.290. The number of nitrogens with zero attached hydrogens (tertiary/aromatic N) is 3. The first-order valence-corrected chi connectivity index (χ1v) is 13.2. The molecule has 10 heteroatoms. The van der Waals surface area contributed by atoms with Gasteiger partial charge in [0.1, 0.15) is 0 Å². The molecule has 0 saturated carbocycles. The highest BCUT2D eigenvalue weighted by Crippen LogP contribution is 2.32. The summed E-state index contributed by atoms with van der Waals surface area (Å²) in [7, 11) is 0. The summed E-state index contributed by atoms with van der Waals surface area (Å²) in [5.74, 6) is 0. The number of piperidine rings is 1. The molecule has 25 heavy (non-hydrogen) atoms. The van der Waals surface area contributed by atoms with Gasteiger partial charge >= 0.3 is 0 Å². The molecule has 0 amide bonds. The minimum absolute atomic E-state index is 0.0166. The monoisotopic (exact) mass is 557 g/mol. The third kappa shape index (κ3) is 5.80. The largest absolute Gasteiger partial charge is 0.370 e. The van der Waals surface area contributed by atoms with Crippen molar-refractivity contribution in [3.05, 3.63) is 46.4 Å².